The second kappa shape index (κ2) is 11.7. The van der Waals surface area contributed by atoms with E-state index in [2.05, 4.69) is 10.3 Å². The van der Waals surface area contributed by atoms with Gasteiger partial charge < -0.3 is 15.8 Å². The molecule has 1 heterocycles. The van der Waals surface area contributed by atoms with Crippen molar-refractivity contribution in [1.82, 2.24) is 4.98 Å². The summed E-state index contributed by atoms with van der Waals surface area (Å²) < 4.78 is 42.1. The third-order valence-corrected chi connectivity index (χ3v) is 3.33. The van der Waals surface area contributed by atoms with Crippen molar-refractivity contribution in [2.24, 2.45) is 5.73 Å². The summed E-state index contributed by atoms with van der Waals surface area (Å²) >= 11 is 0. The molecule has 156 valence electrons. The van der Waals surface area contributed by atoms with Crippen LogP contribution >= 0.6 is 24.8 Å². The Labute approximate surface area is 173 Å². The third-order valence-electron chi connectivity index (χ3n) is 3.33. The summed E-state index contributed by atoms with van der Waals surface area (Å²) in [6.45, 7) is 0.223. The summed E-state index contributed by atoms with van der Waals surface area (Å²) in [5.74, 6) is -0.447. The molecule has 0 aliphatic carbocycles. The maximum atomic E-state index is 12.4. The summed E-state index contributed by atoms with van der Waals surface area (Å²) in [7, 11) is 0. The molecule has 1 aromatic carbocycles. The van der Waals surface area contributed by atoms with E-state index in [0.29, 0.717) is 6.42 Å². The molecule has 1 aromatic heterocycles. The van der Waals surface area contributed by atoms with E-state index < -0.39 is 18.7 Å². The maximum Gasteiger partial charge on any atom is 0.422 e. The van der Waals surface area contributed by atoms with Crippen LogP contribution in [-0.2, 0) is 11.2 Å². The van der Waals surface area contributed by atoms with Crippen LogP contribution in [0.15, 0.2) is 42.6 Å². The van der Waals surface area contributed by atoms with Gasteiger partial charge in [-0.05, 0) is 36.8 Å². The van der Waals surface area contributed by atoms with Crippen LogP contribution in [0.2, 0.25) is 0 Å². The summed E-state index contributed by atoms with van der Waals surface area (Å²) in [6, 6.07) is 9.73. The van der Waals surface area contributed by atoms with E-state index in [-0.39, 0.29) is 48.7 Å². The van der Waals surface area contributed by atoms with Crippen molar-refractivity contribution in [1.29, 1.82) is 0 Å². The van der Waals surface area contributed by atoms with E-state index >= 15 is 0 Å². The van der Waals surface area contributed by atoms with Gasteiger partial charge in [-0.1, -0.05) is 12.1 Å². The largest absolute Gasteiger partial charge is 0.482 e. The van der Waals surface area contributed by atoms with Gasteiger partial charge in [0.15, 0.2) is 6.61 Å². The van der Waals surface area contributed by atoms with Gasteiger partial charge in [-0.15, -0.1) is 24.8 Å². The lowest BCUT2D eigenvalue weighted by Gasteiger charge is -2.16. The molecule has 1 atom stereocenters. The predicted octanol–water partition coefficient (Wildman–Crippen LogP) is 4.13. The molecule has 1 amide bonds. The van der Waals surface area contributed by atoms with E-state index in [1.807, 2.05) is 12.1 Å². The van der Waals surface area contributed by atoms with Gasteiger partial charge in [-0.25, -0.2) is 0 Å². The number of pyridine rings is 1. The van der Waals surface area contributed by atoms with Gasteiger partial charge in [-0.3, -0.25) is 9.78 Å². The lowest BCUT2D eigenvalue weighted by molar-refractivity contribution is -0.153. The zero-order valence-corrected chi connectivity index (χ0v) is 16.7. The van der Waals surface area contributed by atoms with Crippen LogP contribution in [0.1, 0.15) is 24.6 Å². The van der Waals surface area contributed by atoms with Crippen molar-refractivity contribution in [2.75, 3.05) is 11.9 Å². The monoisotopic (exact) mass is 439 g/mol. The Kier molecular flexibility index (Phi) is 10.9. The molecule has 0 spiro atoms. The summed E-state index contributed by atoms with van der Waals surface area (Å²) in [5, 5.41) is 2.57. The summed E-state index contributed by atoms with van der Waals surface area (Å²) in [5.41, 5.74) is 7.33. The molecule has 2 aromatic rings. The molecule has 0 aliphatic rings. The number of alkyl halides is 3. The normalized spacial score (nSPS) is 11.6. The molecule has 10 heteroatoms. The number of carbonyl (C=O) groups excluding carboxylic acids is 1. The minimum Gasteiger partial charge on any atom is -0.482 e. The number of ether oxygens (including phenoxy) is 1. The average molecular weight is 440 g/mol. The molecule has 5 nitrogen and oxygen atoms in total. The van der Waals surface area contributed by atoms with Crippen LogP contribution in [0.3, 0.4) is 0 Å². The number of nitrogens with one attached hydrogen (secondary N) is 1. The Morgan fingerprint density at radius 3 is 2.54 bits per heavy atom. The van der Waals surface area contributed by atoms with Gasteiger partial charge in [0.2, 0.25) is 5.91 Å². The first-order valence-corrected chi connectivity index (χ1v) is 8.01. The number of halogens is 5. The van der Waals surface area contributed by atoms with Crippen molar-refractivity contribution in [3.8, 4) is 5.75 Å². The Morgan fingerprint density at radius 2 is 1.96 bits per heavy atom. The molecule has 2 rings (SSSR count). The van der Waals surface area contributed by atoms with E-state index in [1.165, 1.54) is 6.07 Å². The van der Waals surface area contributed by atoms with Crippen molar-refractivity contribution < 1.29 is 22.7 Å². The van der Waals surface area contributed by atoms with E-state index in [1.54, 1.807) is 31.3 Å². The highest BCUT2D eigenvalue weighted by atomic mass is 35.5. The Balaban J connectivity index is 0.00000364. The zero-order chi connectivity index (χ0) is 19.2. The zero-order valence-electron chi connectivity index (χ0n) is 15.0. The predicted molar refractivity (Wildman–Crippen MR) is 106 cm³/mol. The van der Waals surface area contributed by atoms with Crippen molar-refractivity contribution in [3.63, 3.8) is 0 Å². The SMILES string of the molecule is CC(N)CC(=O)Nc1cc(Cc2ccccn2)ccc1OCC(F)(F)F.Cl.Cl. The quantitative estimate of drug-likeness (QED) is 0.679. The van der Waals surface area contributed by atoms with Crippen LogP contribution in [-0.4, -0.2) is 29.7 Å². The van der Waals surface area contributed by atoms with Gasteiger partial charge in [0.25, 0.3) is 0 Å². The highest BCUT2D eigenvalue weighted by Crippen LogP contribution is 2.29. The average Bonchev–Trinajstić information content (AvgIpc) is 2.53. The molecule has 1 unspecified atom stereocenters. The second-order valence-electron chi connectivity index (χ2n) is 5.96. The van der Waals surface area contributed by atoms with Gasteiger partial charge in [0.1, 0.15) is 5.75 Å². The fourth-order valence-corrected chi connectivity index (χ4v) is 2.28. The van der Waals surface area contributed by atoms with Crippen molar-refractivity contribution in [2.45, 2.75) is 32.0 Å². The van der Waals surface area contributed by atoms with Crippen LogP contribution < -0.4 is 15.8 Å². The standard InChI is InChI=1S/C18H20F3N3O2.2ClH/c1-12(22)8-17(25)24-15-10-13(9-14-4-2-3-7-23-14)5-6-16(15)26-11-18(19,20)21;;/h2-7,10,12H,8-9,11,22H2,1H3,(H,24,25);2*1H. The first-order chi connectivity index (χ1) is 12.2. The molecule has 0 bridgehead atoms. The van der Waals surface area contributed by atoms with E-state index in [4.69, 9.17) is 10.5 Å². The molecule has 0 fully saturated rings. The number of nitrogens with two attached hydrogens (primary N) is 1. The Hall–Kier alpha value is -2.03. The number of amides is 1. The lowest BCUT2D eigenvalue weighted by Crippen LogP contribution is -2.24. The molecule has 0 radical (unpaired) electrons. The molecule has 28 heavy (non-hydrogen) atoms. The molecule has 3 N–H and O–H groups in total. The molecular weight excluding hydrogens is 418 g/mol. The van der Waals surface area contributed by atoms with Gasteiger partial charge >= 0.3 is 6.18 Å². The van der Waals surface area contributed by atoms with Gasteiger partial charge in [0, 0.05) is 30.8 Å². The molecule has 0 saturated carbocycles. The highest BCUT2D eigenvalue weighted by Gasteiger charge is 2.29. The number of hydrogen-bond donors (Lipinski definition) is 2. The molecule has 0 aliphatic heterocycles. The minimum absolute atomic E-state index is 0. The fraction of sp³-hybridized carbons (Fsp3) is 0.333. The first-order valence-electron chi connectivity index (χ1n) is 8.01. The van der Waals surface area contributed by atoms with Crippen molar-refractivity contribution in [3.05, 3.63) is 53.9 Å². The second-order valence-corrected chi connectivity index (χ2v) is 5.96. The fourth-order valence-electron chi connectivity index (χ4n) is 2.28. The molecule has 0 saturated heterocycles. The van der Waals surface area contributed by atoms with Crippen LogP contribution in [0.4, 0.5) is 18.9 Å². The van der Waals surface area contributed by atoms with E-state index in [0.717, 1.165) is 11.3 Å². The maximum absolute atomic E-state index is 12.4. The van der Waals surface area contributed by atoms with Crippen LogP contribution in [0.5, 0.6) is 5.75 Å². The number of benzene rings is 1. The Bertz CT molecular complexity index is 745. The van der Waals surface area contributed by atoms with Crippen LogP contribution in [0, 0.1) is 0 Å². The first kappa shape index (κ1) is 26.0. The minimum atomic E-state index is -4.47. The topological polar surface area (TPSA) is 77.2 Å². The Morgan fingerprint density at radius 1 is 1.25 bits per heavy atom. The highest BCUT2D eigenvalue weighted by molar-refractivity contribution is 5.92. The number of aromatic nitrogens is 1. The third kappa shape index (κ3) is 9.25. The van der Waals surface area contributed by atoms with Gasteiger partial charge in [0.05, 0.1) is 5.69 Å². The molecular formula is C18H22Cl2F3N3O2. The van der Waals surface area contributed by atoms with Crippen LogP contribution in [0.25, 0.3) is 0 Å². The number of nitrogens with zero attached hydrogens (tertiary/aromatic N) is 1. The number of anilines is 1. The number of rotatable bonds is 7. The lowest BCUT2D eigenvalue weighted by atomic mass is 10.1. The van der Waals surface area contributed by atoms with E-state index in [9.17, 15) is 18.0 Å². The number of hydrogen-bond acceptors (Lipinski definition) is 4. The smallest absolute Gasteiger partial charge is 0.422 e. The van der Waals surface area contributed by atoms with Gasteiger partial charge in [-0.2, -0.15) is 13.2 Å². The van der Waals surface area contributed by atoms with Crippen molar-refractivity contribution >= 4 is 36.4 Å². The number of carbonyl (C=O) groups is 1. The summed E-state index contributed by atoms with van der Waals surface area (Å²) in [4.78, 5) is 16.2. The summed E-state index contributed by atoms with van der Waals surface area (Å²) in [6.07, 6.45) is -2.30.